The number of aromatic nitrogens is 1. The lowest BCUT2D eigenvalue weighted by atomic mass is 9.86. The number of furan rings is 1. The van der Waals surface area contributed by atoms with Crippen LogP contribution in [-0.2, 0) is 9.53 Å². The summed E-state index contributed by atoms with van der Waals surface area (Å²) in [7, 11) is 1.29. The van der Waals surface area contributed by atoms with Gasteiger partial charge in [0, 0.05) is 11.9 Å². The fraction of sp³-hybridized carbons (Fsp3) is 0.286. The van der Waals surface area contributed by atoms with Crippen LogP contribution in [0, 0.1) is 5.92 Å². The molecular weight excluding hydrogens is 246 g/mol. The highest BCUT2D eigenvalue weighted by molar-refractivity contribution is 6.00. The van der Waals surface area contributed by atoms with Crippen LogP contribution >= 0.6 is 0 Å². The molecule has 2 atom stereocenters. The van der Waals surface area contributed by atoms with E-state index in [1.165, 1.54) is 11.7 Å². The molecule has 3 rings (SSSR count). The van der Waals surface area contributed by atoms with Gasteiger partial charge in [0.1, 0.15) is 11.7 Å². The van der Waals surface area contributed by atoms with E-state index in [2.05, 4.69) is 0 Å². The summed E-state index contributed by atoms with van der Waals surface area (Å²) in [5.41, 5.74) is 0.847. The standard InChI is InChI=1S/C14H13NO4/c1-18-14(17)10-8-9(12-5-3-7-19-12)11-4-2-6-15(11)13(10)16/h2-7,9-10H,8H2,1H3/t9-,10-/m1/s1. The molecule has 1 aliphatic rings. The van der Waals surface area contributed by atoms with Crippen LogP contribution in [-0.4, -0.2) is 23.6 Å². The Labute approximate surface area is 109 Å². The first-order valence-electron chi connectivity index (χ1n) is 6.05. The van der Waals surface area contributed by atoms with Gasteiger partial charge in [-0.3, -0.25) is 14.2 Å². The third-order valence-electron chi connectivity index (χ3n) is 3.52. The molecule has 2 aromatic rings. The summed E-state index contributed by atoms with van der Waals surface area (Å²) < 4.78 is 11.6. The molecule has 3 heterocycles. The van der Waals surface area contributed by atoms with Crippen molar-refractivity contribution in [2.75, 3.05) is 7.11 Å². The van der Waals surface area contributed by atoms with Crippen LogP contribution < -0.4 is 0 Å². The third-order valence-corrected chi connectivity index (χ3v) is 3.52. The fourth-order valence-corrected chi connectivity index (χ4v) is 2.59. The minimum absolute atomic E-state index is 0.105. The van der Waals surface area contributed by atoms with Crippen molar-refractivity contribution in [2.45, 2.75) is 12.3 Å². The van der Waals surface area contributed by atoms with E-state index >= 15 is 0 Å². The molecule has 0 spiro atoms. The van der Waals surface area contributed by atoms with Gasteiger partial charge in [-0.05, 0) is 30.7 Å². The Kier molecular flexibility index (Phi) is 2.74. The van der Waals surface area contributed by atoms with Gasteiger partial charge in [0.25, 0.3) is 0 Å². The Morgan fingerprint density at radius 2 is 2.26 bits per heavy atom. The molecule has 0 unspecified atom stereocenters. The highest BCUT2D eigenvalue weighted by Crippen LogP contribution is 2.36. The van der Waals surface area contributed by atoms with Crippen molar-refractivity contribution in [1.29, 1.82) is 0 Å². The maximum atomic E-state index is 12.2. The monoisotopic (exact) mass is 259 g/mol. The lowest BCUT2D eigenvalue weighted by Crippen LogP contribution is -2.36. The van der Waals surface area contributed by atoms with E-state index in [0.717, 1.165) is 11.5 Å². The van der Waals surface area contributed by atoms with E-state index < -0.39 is 11.9 Å². The molecule has 0 bridgehead atoms. The zero-order valence-corrected chi connectivity index (χ0v) is 10.4. The van der Waals surface area contributed by atoms with Crippen molar-refractivity contribution < 1.29 is 18.7 Å². The van der Waals surface area contributed by atoms with Gasteiger partial charge >= 0.3 is 5.97 Å². The maximum absolute atomic E-state index is 12.2. The van der Waals surface area contributed by atoms with Crippen LogP contribution in [0.15, 0.2) is 41.1 Å². The van der Waals surface area contributed by atoms with E-state index in [1.54, 1.807) is 24.6 Å². The zero-order chi connectivity index (χ0) is 13.4. The van der Waals surface area contributed by atoms with Crippen LogP contribution in [0.3, 0.4) is 0 Å². The average molecular weight is 259 g/mol. The SMILES string of the molecule is COC(=O)[C@@H]1C[C@@H](c2ccco2)c2cccn2C1=O. The van der Waals surface area contributed by atoms with Crippen LogP contribution in [0.5, 0.6) is 0 Å². The van der Waals surface area contributed by atoms with Crippen LogP contribution in [0.4, 0.5) is 0 Å². The van der Waals surface area contributed by atoms with Crippen molar-refractivity contribution in [3.05, 3.63) is 48.2 Å². The summed E-state index contributed by atoms with van der Waals surface area (Å²) in [4.78, 5) is 24.0. The number of nitrogens with zero attached hydrogens (tertiary/aromatic N) is 1. The van der Waals surface area contributed by atoms with Gasteiger partial charge in [-0.15, -0.1) is 0 Å². The predicted octanol–water partition coefficient (Wildman–Crippen LogP) is 2.05. The quantitative estimate of drug-likeness (QED) is 0.611. The van der Waals surface area contributed by atoms with Gasteiger partial charge < -0.3 is 9.15 Å². The Morgan fingerprint density at radius 1 is 1.42 bits per heavy atom. The van der Waals surface area contributed by atoms with Gasteiger partial charge in [0.15, 0.2) is 0 Å². The fourth-order valence-electron chi connectivity index (χ4n) is 2.59. The summed E-state index contributed by atoms with van der Waals surface area (Å²) in [6.45, 7) is 0. The summed E-state index contributed by atoms with van der Waals surface area (Å²) >= 11 is 0. The lowest BCUT2D eigenvalue weighted by Gasteiger charge is -2.27. The Morgan fingerprint density at radius 3 is 2.95 bits per heavy atom. The smallest absolute Gasteiger partial charge is 0.318 e. The topological polar surface area (TPSA) is 61.4 Å². The van der Waals surface area contributed by atoms with Crippen molar-refractivity contribution >= 4 is 11.9 Å². The van der Waals surface area contributed by atoms with Crippen LogP contribution in [0.2, 0.25) is 0 Å². The van der Waals surface area contributed by atoms with E-state index in [4.69, 9.17) is 9.15 Å². The molecule has 19 heavy (non-hydrogen) atoms. The molecular formula is C14H13NO4. The molecule has 5 heteroatoms. The Balaban J connectivity index is 2.05. The molecule has 0 amide bonds. The molecule has 0 aromatic carbocycles. The third kappa shape index (κ3) is 1.78. The molecule has 0 fully saturated rings. The molecule has 0 aliphatic carbocycles. The first-order chi connectivity index (χ1) is 9.22. The second kappa shape index (κ2) is 4.42. The molecule has 0 saturated carbocycles. The number of methoxy groups -OCH3 is 1. The van der Waals surface area contributed by atoms with Crippen LogP contribution in [0.25, 0.3) is 0 Å². The second-order valence-corrected chi connectivity index (χ2v) is 4.52. The minimum Gasteiger partial charge on any atom is -0.469 e. The molecule has 5 nitrogen and oxygen atoms in total. The number of hydrogen-bond donors (Lipinski definition) is 0. The van der Waals surface area contributed by atoms with Gasteiger partial charge in [0.2, 0.25) is 5.91 Å². The molecule has 0 saturated heterocycles. The van der Waals surface area contributed by atoms with Crippen LogP contribution in [0.1, 0.15) is 28.6 Å². The van der Waals surface area contributed by atoms with Gasteiger partial charge in [-0.1, -0.05) is 0 Å². The number of ether oxygens (including phenoxy) is 1. The first kappa shape index (κ1) is 11.8. The Bertz CT molecular complexity index is 611. The summed E-state index contributed by atoms with van der Waals surface area (Å²) in [5, 5.41) is 0. The summed E-state index contributed by atoms with van der Waals surface area (Å²) in [6.07, 6.45) is 3.64. The molecule has 0 N–H and O–H groups in total. The number of carbonyl (C=O) groups is 2. The average Bonchev–Trinajstić information content (AvgIpc) is 3.09. The van der Waals surface area contributed by atoms with E-state index in [0.29, 0.717) is 6.42 Å². The lowest BCUT2D eigenvalue weighted by molar-refractivity contribution is -0.144. The zero-order valence-electron chi connectivity index (χ0n) is 10.4. The van der Waals surface area contributed by atoms with Gasteiger partial charge in [0.05, 0.1) is 19.3 Å². The Hall–Kier alpha value is -2.30. The molecule has 98 valence electrons. The largest absolute Gasteiger partial charge is 0.469 e. The minimum atomic E-state index is -0.778. The molecule has 2 aromatic heterocycles. The van der Waals surface area contributed by atoms with Gasteiger partial charge in [-0.2, -0.15) is 0 Å². The summed E-state index contributed by atoms with van der Waals surface area (Å²) in [6, 6.07) is 7.32. The van der Waals surface area contributed by atoms with Crippen molar-refractivity contribution in [3.8, 4) is 0 Å². The number of hydrogen-bond acceptors (Lipinski definition) is 4. The van der Waals surface area contributed by atoms with Crippen molar-refractivity contribution in [2.24, 2.45) is 5.92 Å². The number of fused-ring (bicyclic) bond motifs is 1. The van der Waals surface area contributed by atoms with Crippen molar-refractivity contribution in [3.63, 3.8) is 0 Å². The van der Waals surface area contributed by atoms with E-state index in [1.807, 2.05) is 12.1 Å². The maximum Gasteiger partial charge on any atom is 0.318 e. The first-order valence-corrected chi connectivity index (χ1v) is 6.05. The highest BCUT2D eigenvalue weighted by atomic mass is 16.5. The van der Waals surface area contributed by atoms with E-state index in [-0.39, 0.29) is 11.8 Å². The highest BCUT2D eigenvalue weighted by Gasteiger charge is 2.39. The van der Waals surface area contributed by atoms with Crippen molar-refractivity contribution in [1.82, 2.24) is 4.57 Å². The molecule has 1 aliphatic heterocycles. The normalized spacial score (nSPS) is 22.1. The second-order valence-electron chi connectivity index (χ2n) is 4.52. The number of rotatable bonds is 2. The van der Waals surface area contributed by atoms with Gasteiger partial charge in [-0.25, -0.2) is 0 Å². The number of carbonyl (C=O) groups excluding carboxylic acids is 2. The number of esters is 1. The predicted molar refractivity (Wildman–Crippen MR) is 65.7 cm³/mol. The van der Waals surface area contributed by atoms with E-state index in [9.17, 15) is 9.59 Å². The molecule has 0 radical (unpaired) electrons. The summed E-state index contributed by atoms with van der Waals surface area (Å²) in [5.74, 6) is -0.872.